The summed E-state index contributed by atoms with van der Waals surface area (Å²) in [5.74, 6) is -1.21. The van der Waals surface area contributed by atoms with E-state index >= 15 is 0 Å². The fourth-order valence-electron chi connectivity index (χ4n) is 1.85. The molecule has 134 valence electrons. The van der Waals surface area contributed by atoms with Crippen LogP contribution < -0.4 is 0 Å². The number of methoxy groups -OCH3 is 1. The van der Waals surface area contributed by atoms with Gasteiger partial charge in [-0.15, -0.1) is 0 Å². The third-order valence-corrected chi connectivity index (χ3v) is 5.00. The van der Waals surface area contributed by atoms with Crippen molar-refractivity contribution >= 4 is 19.8 Å². The summed E-state index contributed by atoms with van der Waals surface area (Å²) in [7, 11) is -2.58. The molecule has 0 fully saturated rings. The minimum Gasteiger partial charge on any atom is -0.438 e. The van der Waals surface area contributed by atoms with Crippen molar-refractivity contribution in [3.8, 4) is 0 Å². The largest absolute Gasteiger partial charge is 0.509 e. The maximum absolute atomic E-state index is 13.2. The molecule has 1 atom stereocenters. The van der Waals surface area contributed by atoms with Crippen molar-refractivity contribution in [2.75, 3.05) is 7.11 Å². The van der Waals surface area contributed by atoms with Gasteiger partial charge in [0.2, 0.25) is 5.85 Å². The predicted octanol–water partition coefficient (Wildman–Crippen LogP) is 4.85. The van der Waals surface area contributed by atoms with Crippen LogP contribution in [0.1, 0.15) is 33.3 Å². The van der Waals surface area contributed by atoms with E-state index in [1.54, 1.807) is 33.8 Å². The Morgan fingerprint density at radius 3 is 2.04 bits per heavy atom. The van der Waals surface area contributed by atoms with Crippen molar-refractivity contribution in [1.82, 2.24) is 0 Å². The van der Waals surface area contributed by atoms with Crippen LogP contribution in [0.25, 0.3) is 6.08 Å². The van der Waals surface area contributed by atoms with Gasteiger partial charge in [-0.1, -0.05) is 36.4 Å². The average molecular weight is 356 g/mol. The number of hydrogen-bond donors (Lipinski definition) is 0. The fraction of sp³-hybridized carbons (Fsp3) is 0.471. The van der Waals surface area contributed by atoms with E-state index in [0.717, 1.165) is 5.56 Å². The highest BCUT2D eigenvalue weighted by Gasteiger charge is 2.40. The molecule has 0 aliphatic rings. The Morgan fingerprint density at radius 2 is 1.58 bits per heavy atom. The molecule has 0 heterocycles. The van der Waals surface area contributed by atoms with Crippen LogP contribution in [0.3, 0.4) is 0 Å². The second-order valence-corrected chi connectivity index (χ2v) is 7.59. The van der Waals surface area contributed by atoms with Gasteiger partial charge in [0, 0.05) is 0 Å². The molecule has 1 unspecified atom stereocenters. The van der Waals surface area contributed by atoms with E-state index < -0.39 is 19.6 Å². The highest BCUT2D eigenvalue weighted by Crippen LogP contribution is 2.56. The lowest BCUT2D eigenvalue weighted by atomic mass is 10.2. The molecule has 6 nitrogen and oxygen atoms in total. The van der Waals surface area contributed by atoms with Gasteiger partial charge in [0.05, 0.1) is 19.3 Å². The quantitative estimate of drug-likeness (QED) is 0.490. The van der Waals surface area contributed by atoms with Crippen LogP contribution in [0.15, 0.2) is 36.4 Å². The van der Waals surface area contributed by atoms with Crippen LogP contribution in [-0.2, 0) is 23.1 Å². The Balaban J connectivity index is 3.14. The van der Waals surface area contributed by atoms with Crippen LogP contribution in [0, 0.1) is 0 Å². The van der Waals surface area contributed by atoms with Crippen molar-refractivity contribution in [3.05, 3.63) is 42.0 Å². The smallest absolute Gasteiger partial charge is 0.438 e. The van der Waals surface area contributed by atoms with Gasteiger partial charge in [0.1, 0.15) is 0 Å². The maximum atomic E-state index is 13.2. The number of carbonyl (C=O) groups excluding carboxylic acids is 1. The fourth-order valence-corrected chi connectivity index (χ4v) is 3.82. The molecule has 0 saturated heterocycles. The summed E-state index contributed by atoms with van der Waals surface area (Å²) in [5.41, 5.74) is 0.858. The van der Waals surface area contributed by atoms with Crippen molar-refractivity contribution in [2.24, 2.45) is 0 Å². The summed E-state index contributed by atoms with van der Waals surface area (Å²) >= 11 is 0. The Kier molecular flexibility index (Phi) is 8.19. The lowest BCUT2D eigenvalue weighted by Crippen LogP contribution is -2.22. The molecule has 24 heavy (non-hydrogen) atoms. The molecular formula is C17H25O6P. The zero-order chi connectivity index (χ0) is 18.2. The molecule has 0 radical (unpaired) electrons. The first-order chi connectivity index (χ1) is 11.3. The molecule has 0 amide bonds. The summed E-state index contributed by atoms with van der Waals surface area (Å²) in [5, 5.41) is 0. The molecule has 1 aromatic rings. The van der Waals surface area contributed by atoms with Gasteiger partial charge >= 0.3 is 13.8 Å². The van der Waals surface area contributed by atoms with Crippen molar-refractivity contribution in [1.29, 1.82) is 0 Å². The van der Waals surface area contributed by atoms with E-state index in [1.165, 1.54) is 13.2 Å². The first-order valence-electron chi connectivity index (χ1n) is 7.71. The summed E-state index contributed by atoms with van der Waals surface area (Å²) in [6.07, 6.45) is 1.47. The summed E-state index contributed by atoms with van der Waals surface area (Å²) < 4.78 is 33.8. The van der Waals surface area contributed by atoms with Gasteiger partial charge in [-0.05, 0) is 39.3 Å². The molecule has 0 bridgehead atoms. The molecule has 1 rings (SSSR count). The number of carbonyl (C=O) groups is 1. The first-order valence-corrected chi connectivity index (χ1v) is 9.32. The average Bonchev–Trinajstić information content (AvgIpc) is 2.50. The van der Waals surface area contributed by atoms with Crippen LogP contribution in [0.5, 0.6) is 0 Å². The number of rotatable bonds is 8. The van der Waals surface area contributed by atoms with Crippen LogP contribution in [0.2, 0.25) is 0 Å². The molecule has 0 aliphatic heterocycles. The minimum absolute atomic E-state index is 0.372. The molecule has 0 saturated carbocycles. The van der Waals surface area contributed by atoms with Crippen molar-refractivity contribution in [3.63, 3.8) is 0 Å². The number of ether oxygens (including phenoxy) is 2. The normalized spacial score (nSPS) is 13.5. The maximum Gasteiger partial charge on any atom is 0.509 e. The SMILES string of the molecule is COC(=O)OC(/C=C/c1ccccc1)P(=O)(OC(C)C)OC(C)C. The highest BCUT2D eigenvalue weighted by atomic mass is 31.2. The van der Waals surface area contributed by atoms with Gasteiger partial charge in [-0.25, -0.2) is 4.79 Å². The second kappa shape index (κ2) is 9.62. The lowest BCUT2D eigenvalue weighted by Gasteiger charge is -2.27. The number of benzene rings is 1. The van der Waals surface area contributed by atoms with Crippen LogP contribution >= 0.6 is 7.60 Å². The Bertz CT molecular complexity index is 568. The van der Waals surface area contributed by atoms with Crippen molar-refractivity contribution < 1.29 is 27.9 Å². The summed E-state index contributed by atoms with van der Waals surface area (Å²) in [4.78, 5) is 11.5. The minimum atomic E-state index is -3.76. The van der Waals surface area contributed by atoms with E-state index in [2.05, 4.69) is 4.74 Å². The Morgan fingerprint density at radius 1 is 1.04 bits per heavy atom. The zero-order valence-electron chi connectivity index (χ0n) is 14.7. The zero-order valence-corrected chi connectivity index (χ0v) is 15.6. The molecule has 0 aliphatic carbocycles. The van der Waals surface area contributed by atoms with E-state index in [1.807, 2.05) is 30.3 Å². The Labute approximate surface area is 143 Å². The van der Waals surface area contributed by atoms with E-state index in [4.69, 9.17) is 13.8 Å². The predicted molar refractivity (Wildman–Crippen MR) is 92.8 cm³/mol. The third-order valence-electron chi connectivity index (χ3n) is 2.66. The molecule has 7 heteroatoms. The summed E-state index contributed by atoms with van der Waals surface area (Å²) in [6, 6.07) is 9.34. The monoisotopic (exact) mass is 356 g/mol. The number of hydrogen-bond acceptors (Lipinski definition) is 6. The summed E-state index contributed by atoms with van der Waals surface area (Å²) in [6.45, 7) is 6.91. The standard InChI is InChI=1S/C17H25O6P/c1-13(2)22-24(19,23-14(3)4)16(21-17(18)20-5)12-11-15-9-7-6-8-10-15/h6-14,16H,1-5H3/b12-11+. The Hall–Kier alpha value is -1.62. The van der Waals surface area contributed by atoms with Crippen LogP contribution in [-0.4, -0.2) is 31.3 Å². The van der Waals surface area contributed by atoms with Gasteiger partial charge in [-0.2, -0.15) is 0 Å². The second-order valence-electron chi connectivity index (χ2n) is 5.58. The molecule has 0 spiro atoms. The lowest BCUT2D eigenvalue weighted by molar-refractivity contribution is 0.0513. The van der Waals surface area contributed by atoms with E-state index in [9.17, 15) is 9.36 Å². The van der Waals surface area contributed by atoms with Crippen LogP contribution in [0.4, 0.5) is 4.79 Å². The van der Waals surface area contributed by atoms with Gasteiger partial charge in [0.25, 0.3) is 0 Å². The highest BCUT2D eigenvalue weighted by molar-refractivity contribution is 7.54. The van der Waals surface area contributed by atoms with Crippen molar-refractivity contribution in [2.45, 2.75) is 45.7 Å². The van der Waals surface area contributed by atoms with Gasteiger partial charge in [-0.3, -0.25) is 4.57 Å². The van der Waals surface area contributed by atoms with E-state index in [0.29, 0.717) is 0 Å². The van der Waals surface area contributed by atoms with Gasteiger partial charge in [0.15, 0.2) is 0 Å². The van der Waals surface area contributed by atoms with Gasteiger partial charge < -0.3 is 18.5 Å². The molecule has 1 aromatic carbocycles. The third kappa shape index (κ3) is 6.87. The molecular weight excluding hydrogens is 331 g/mol. The molecule has 0 N–H and O–H groups in total. The first kappa shape index (κ1) is 20.4. The molecule has 0 aromatic heterocycles. The topological polar surface area (TPSA) is 71.1 Å². The van der Waals surface area contributed by atoms with E-state index in [-0.39, 0.29) is 12.2 Å².